The highest BCUT2D eigenvalue weighted by Gasteiger charge is 2.47. The monoisotopic (exact) mass is 286 g/mol. The Morgan fingerprint density at radius 2 is 1.60 bits per heavy atom. The summed E-state index contributed by atoms with van der Waals surface area (Å²) in [5.74, 6) is -0.0118. The molecule has 0 fully saturated rings. The van der Waals surface area contributed by atoms with E-state index in [1.165, 1.54) is 0 Å². The van der Waals surface area contributed by atoms with Gasteiger partial charge in [0.05, 0.1) is 5.41 Å². The minimum Gasteiger partial charge on any atom is -0.356 e. The number of nitrogens with zero attached hydrogens (tertiary/aromatic N) is 1. The SMILES string of the molecule is CN(C)CCCNC(=O)C(C)(CC(C)(C)N)C(C)(C)N. The Morgan fingerprint density at radius 1 is 1.10 bits per heavy atom. The Hall–Kier alpha value is -0.650. The van der Waals surface area contributed by atoms with Gasteiger partial charge in [0.15, 0.2) is 0 Å². The van der Waals surface area contributed by atoms with Crippen molar-refractivity contribution < 1.29 is 4.79 Å². The zero-order chi connectivity index (χ0) is 16.2. The van der Waals surface area contributed by atoms with Crippen molar-refractivity contribution in [3.05, 3.63) is 0 Å². The van der Waals surface area contributed by atoms with E-state index in [0.29, 0.717) is 13.0 Å². The van der Waals surface area contributed by atoms with Crippen molar-refractivity contribution in [2.45, 2.75) is 58.5 Å². The van der Waals surface area contributed by atoms with Gasteiger partial charge in [0.25, 0.3) is 0 Å². The Balaban J connectivity index is 4.76. The summed E-state index contributed by atoms with van der Waals surface area (Å²) in [7, 11) is 4.04. The van der Waals surface area contributed by atoms with E-state index >= 15 is 0 Å². The van der Waals surface area contributed by atoms with E-state index in [1.807, 2.05) is 48.7 Å². The molecule has 120 valence electrons. The van der Waals surface area contributed by atoms with Gasteiger partial charge in [-0.1, -0.05) is 0 Å². The van der Waals surface area contributed by atoms with Gasteiger partial charge in [-0.2, -0.15) is 0 Å². The van der Waals surface area contributed by atoms with Crippen LogP contribution in [0.5, 0.6) is 0 Å². The van der Waals surface area contributed by atoms with Crippen molar-refractivity contribution in [1.29, 1.82) is 0 Å². The average Bonchev–Trinajstić information content (AvgIpc) is 2.19. The summed E-state index contributed by atoms with van der Waals surface area (Å²) in [4.78, 5) is 14.7. The molecule has 0 aromatic carbocycles. The fourth-order valence-corrected chi connectivity index (χ4v) is 2.30. The quantitative estimate of drug-likeness (QED) is 0.579. The molecule has 1 unspecified atom stereocenters. The van der Waals surface area contributed by atoms with Gasteiger partial charge in [0.1, 0.15) is 0 Å². The molecule has 0 saturated carbocycles. The van der Waals surface area contributed by atoms with Gasteiger partial charge >= 0.3 is 0 Å². The molecule has 0 bridgehead atoms. The van der Waals surface area contributed by atoms with Crippen LogP contribution in [0.1, 0.15) is 47.5 Å². The Bertz CT molecular complexity index is 315. The van der Waals surface area contributed by atoms with E-state index in [4.69, 9.17) is 11.5 Å². The molecule has 0 rings (SSSR count). The summed E-state index contributed by atoms with van der Waals surface area (Å²) in [5.41, 5.74) is 10.6. The molecule has 0 heterocycles. The van der Waals surface area contributed by atoms with Crippen LogP contribution in [0, 0.1) is 5.41 Å². The lowest BCUT2D eigenvalue weighted by molar-refractivity contribution is -0.134. The van der Waals surface area contributed by atoms with E-state index in [1.54, 1.807) is 0 Å². The third kappa shape index (κ3) is 6.20. The highest BCUT2D eigenvalue weighted by molar-refractivity contribution is 5.83. The number of carbonyl (C=O) groups is 1. The molecule has 0 saturated heterocycles. The van der Waals surface area contributed by atoms with Gasteiger partial charge < -0.3 is 21.7 Å². The second-order valence-electron chi connectivity index (χ2n) is 7.63. The van der Waals surface area contributed by atoms with Gasteiger partial charge in [0, 0.05) is 17.6 Å². The number of carbonyl (C=O) groups excluding carboxylic acids is 1. The minimum atomic E-state index is -0.691. The highest BCUT2D eigenvalue weighted by atomic mass is 16.2. The first-order chi connectivity index (χ1) is 8.79. The summed E-state index contributed by atoms with van der Waals surface area (Å²) < 4.78 is 0. The van der Waals surface area contributed by atoms with Crippen molar-refractivity contribution in [2.24, 2.45) is 16.9 Å². The molecule has 0 radical (unpaired) electrons. The predicted octanol–water partition coefficient (Wildman–Crippen LogP) is 0.925. The molecule has 0 aliphatic carbocycles. The molecular weight excluding hydrogens is 252 g/mol. The van der Waals surface area contributed by atoms with E-state index in [0.717, 1.165) is 13.0 Å². The number of amides is 1. The van der Waals surface area contributed by atoms with Crippen LogP contribution in [0.25, 0.3) is 0 Å². The van der Waals surface area contributed by atoms with E-state index < -0.39 is 16.5 Å². The number of hydrogen-bond donors (Lipinski definition) is 3. The molecule has 1 amide bonds. The van der Waals surface area contributed by atoms with Crippen LogP contribution in [-0.4, -0.2) is 49.1 Å². The first kappa shape index (κ1) is 19.4. The second kappa shape index (κ2) is 6.87. The van der Waals surface area contributed by atoms with Crippen LogP contribution >= 0.6 is 0 Å². The van der Waals surface area contributed by atoms with Gasteiger partial charge in [-0.3, -0.25) is 4.79 Å². The van der Waals surface area contributed by atoms with Gasteiger partial charge in [-0.05, 0) is 68.1 Å². The summed E-state index contributed by atoms with van der Waals surface area (Å²) in [6.07, 6.45) is 1.47. The average molecular weight is 286 g/mol. The van der Waals surface area contributed by atoms with Crippen molar-refractivity contribution in [2.75, 3.05) is 27.2 Å². The molecule has 0 spiro atoms. The maximum absolute atomic E-state index is 12.6. The molecule has 5 heteroatoms. The zero-order valence-corrected chi connectivity index (χ0v) is 14.3. The Morgan fingerprint density at radius 3 is 1.95 bits per heavy atom. The maximum atomic E-state index is 12.6. The van der Waals surface area contributed by atoms with Crippen LogP contribution in [0.3, 0.4) is 0 Å². The minimum absolute atomic E-state index is 0.0118. The lowest BCUT2D eigenvalue weighted by Crippen LogP contribution is -2.60. The first-order valence-electron chi connectivity index (χ1n) is 7.30. The number of rotatable bonds is 8. The molecule has 0 aromatic rings. The van der Waals surface area contributed by atoms with Gasteiger partial charge in [0.2, 0.25) is 5.91 Å². The lowest BCUT2D eigenvalue weighted by atomic mass is 9.66. The lowest BCUT2D eigenvalue weighted by Gasteiger charge is -2.43. The van der Waals surface area contributed by atoms with E-state index in [9.17, 15) is 4.79 Å². The molecule has 5 N–H and O–H groups in total. The molecule has 20 heavy (non-hydrogen) atoms. The Kier molecular flexibility index (Phi) is 6.65. The van der Waals surface area contributed by atoms with Crippen LogP contribution in [0.2, 0.25) is 0 Å². The molecule has 5 nitrogen and oxygen atoms in total. The normalized spacial score (nSPS) is 16.1. The summed E-state index contributed by atoms with van der Waals surface area (Å²) >= 11 is 0. The van der Waals surface area contributed by atoms with Gasteiger partial charge in [-0.15, -0.1) is 0 Å². The predicted molar refractivity (Wildman–Crippen MR) is 85.4 cm³/mol. The molecule has 0 aliphatic rings. The summed E-state index contributed by atoms with van der Waals surface area (Å²) in [6.45, 7) is 11.1. The van der Waals surface area contributed by atoms with E-state index in [2.05, 4.69) is 10.2 Å². The molecule has 0 aliphatic heterocycles. The van der Waals surface area contributed by atoms with Crippen molar-refractivity contribution >= 4 is 5.91 Å². The summed E-state index contributed by atoms with van der Waals surface area (Å²) in [6, 6.07) is 0. The molecule has 1 atom stereocenters. The fraction of sp³-hybridized carbons (Fsp3) is 0.933. The maximum Gasteiger partial charge on any atom is 0.227 e. The van der Waals surface area contributed by atoms with Crippen LogP contribution in [0.15, 0.2) is 0 Å². The molecule has 0 aromatic heterocycles. The highest BCUT2D eigenvalue weighted by Crippen LogP contribution is 2.36. The third-order valence-corrected chi connectivity index (χ3v) is 3.80. The van der Waals surface area contributed by atoms with Gasteiger partial charge in [-0.25, -0.2) is 0 Å². The number of nitrogens with one attached hydrogen (secondary N) is 1. The van der Waals surface area contributed by atoms with E-state index in [-0.39, 0.29) is 5.91 Å². The largest absolute Gasteiger partial charge is 0.356 e. The van der Waals surface area contributed by atoms with Crippen LogP contribution in [-0.2, 0) is 4.79 Å². The third-order valence-electron chi connectivity index (χ3n) is 3.80. The van der Waals surface area contributed by atoms with Crippen molar-refractivity contribution in [3.8, 4) is 0 Å². The first-order valence-corrected chi connectivity index (χ1v) is 7.30. The second-order valence-corrected chi connectivity index (χ2v) is 7.63. The zero-order valence-electron chi connectivity index (χ0n) is 14.3. The van der Waals surface area contributed by atoms with Crippen LogP contribution < -0.4 is 16.8 Å². The fourth-order valence-electron chi connectivity index (χ4n) is 2.30. The van der Waals surface area contributed by atoms with Crippen LogP contribution in [0.4, 0.5) is 0 Å². The number of nitrogens with two attached hydrogens (primary N) is 2. The Labute approximate surface area is 124 Å². The standard InChI is InChI=1S/C15H34N4O/c1-13(2,16)11-15(5,14(3,4)17)12(20)18-9-8-10-19(6)7/h8-11,16-17H2,1-7H3,(H,18,20). The topological polar surface area (TPSA) is 84.4 Å². The molecular formula is C15H34N4O. The van der Waals surface area contributed by atoms with Crippen molar-refractivity contribution in [3.63, 3.8) is 0 Å². The number of hydrogen-bond acceptors (Lipinski definition) is 4. The van der Waals surface area contributed by atoms with Crippen molar-refractivity contribution in [1.82, 2.24) is 10.2 Å². The summed E-state index contributed by atoms with van der Waals surface area (Å²) in [5, 5.41) is 3.01. The smallest absolute Gasteiger partial charge is 0.227 e.